The van der Waals surface area contributed by atoms with Crippen LogP contribution in [0.15, 0.2) is 29.2 Å². The maximum absolute atomic E-state index is 12.1. The Hall–Kier alpha value is -1.70. The fraction of sp³-hybridized carbons (Fsp3) is 0.167. The van der Waals surface area contributed by atoms with Crippen LogP contribution in [0.2, 0.25) is 5.15 Å². The molecule has 0 saturated carbocycles. The molecule has 0 atom stereocenters. The summed E-state index contributed by atoms with van der Waals surface area (Å²) in [5.74, 6) is -1.27. The molecule has 0 unspecified atom stereocenters. The van der Waals surface area contributed by atoms with Crippen molar-refractivity contribution in [2.75, 3.05) is 6.54 Å². The van der Waals surface area contributed by atoms with Gasteiger partial charge in [-0.1, -0.05) is 23.7 Å². The van der Waals surface area contributed by atoms with E-state index in [-0.39, 0.29) is 15.6 Å². The zero-order valence-electron chi connectivity index (χ0n) is 10.4. The van der Waals surface area contributed by atoms with Crippen molar-refractivity contribution in [3.63, 3.8) is 0 Å². The molecule has 20 heavy (non-hydrogen) atoms. The summed E-state index contributed by atoms with van der Waals surface area (Å²) in [5, 5.41) is 9.38. The minimum atomic E-state index is -3.96. The number of rotatable bonds is 4. The molecule has 6 nitrogen and oxygen atoms in total. The first-order valence-electron chi connectivity index (χ1n) is 5.58. The Bertz CT molecular complexity index is 789. The quantitative estimate of drug-likeness (QED) is 0.835. The highest BCUT2D eigenvalue weighted by Crippen LogP contribution is 2.25. The van der Waals surface area contributed by atoms with Gasteiger partial charge in [0.25, 0.3) is 0 Å². The molecular formula is C12H11ClN2O4S. The van der Waals surface area contributed by atoms with Gasteiger partial charge in [0.05, 0.1) is 5.52 Å². The van der Waals surface area contributed by atoms with Gasteiger partial charge in [0.1, 0.15) is 16.6 Å². The summed E-state index contributed by atoms with van der Waals surface area (Å²) < 4.78 is 26.2. The van der Waals surface area contributed by atoms with E-state index in [2.05, 4.69) is 4.98 Å². The number of carboxylic acids is 1. The standard InChI is InChI=1S/C12H11ClN2O4S/c1-7-5-8-3-2-4-9(11(8)15-12(7)13)20(18,19)14-6-10(16)17/h2-5,14H,6H2,1H3,(H,16,17). The fourth-order valence-corrected chi connectivity index (χ4v) is 2.99. The van der Waals surface area contributed by atoms with Crippen LogP contribution in [-0.4, -0.2) is 31.0 Å². The summed E-state index contributed by atoms with van der Waals surface area (Å²) in [6.45, 7) is 1.07. The number of pyridine rings is 1. The van der Waals surface area contributed by atoms with E-state index in [0.717, 1.165) is 5.56 Å². The van der Waals surface area contributed by atoms with Gasteiger partial charge in [-0.3, -0.25) is 4.79 Å². The first-order chi connectivity index (χ1) is 9.31. The predicted molar refractivity (Wildman–Crippen MR) is 74.3 cm³/mol. The van der Waals surface area contributed by atoms with Crippen LogP contribution < -0.4 is 4.72 Å². The molecule has 0 aliphatic heterocycles. The van der Waals surface area contributed by atoms with Crippen LogP contribution >= 0.6 is 11.6 Å². The summed E-state index contributed by atoms with van der Waals surface area (Å²) >= 11 is 5.92. The van der Waals surface area contributed by atoms with E-state index >= 15 is 0 Å². The lowest BCUT2D eigenvalue weighted by Crippen LogP contribution is -2.29. The highest BCUT2D eigenvalue weighted by molar-refractivity contribution is 7.89. The van der Waals surface area contributed by atoms with Crippen molar-refractivity contribution in [3.05, 3.63) is 35.0 Å². The molecular weight excluding hydrogens is 304 g/mol. The summed E-state index contributed by atoms with van der Waals surface area (Å²) in [4.78, 5) is 14.4. The molecule has 1 aromatic carbocycles. The molecule has 0 radical (unpaired) electrons. The number of nitrogens with one attached hydrogen (secondary N) is 1. The van der Waals surface area contributed by atoms with Crippen LogP contribution in [0.1, 0.15) is 5.56 Å². The van der Waals surface area contributed by atoms with E-state index in [4.69, 9.17) is 16.7 Å². The van der Waals surface area contributed by atoms with Crippen molar-refractivity contribution in [3.8, 4) is 0 Å². The van der Waals surface area contributed by atoms with Crippen LogP contribution in [0.4, 0.5) is 0 Å². The van der Waals surface area contributed by atoms with E-state index in [1.54, 1.807) is 25.1 Å². The number of carbonyl (C=O) groups is 1. The number of aromatic nitrogens is 1. The molecule has 0 bridgehead atoms. The minimum Gasteiger partial charge on any atom is -0.480 e. The van der Waals surface area contributed by atoms with Gasteiger partial charge < -0.3 is 5.11 Å². The molecule has 1 heterocycles. The Morgan fingerprint density at radius 2 is 2.15 bits per heavy atom. The lowest BCUT2D eigenvalue weighted by Gasteiger charge is -2.09. The number of halogens is 1. The molecule has 0 aliphatic rings. The Kier molecular flexibility index (Phi) is 3.94. The largest absolute Gasteiger partial charge is 0.480 e. The van der Waals surface area contributed by atoms with Gasteiger partial charge in [-0.25, -0.2) is 13.4 Å². The Morgan fingerprint density at radius 1 is 1.45 bits per heavy atom. The summed E-state index contributed by atoms with van der Waals surface area (Å²) in [7, 11) is -3.96. The molecule has 0 spiro atoms. The van der Waals surface area contributed by atoms with Gasteiger partial charge in [0, 0.05) is 5.39 Å². The van der Waals surface area contributed by atoms with Gasteiger partial charge in [-0.2, -0.15) is 4.72 Å². The third kappa shape index (κ3) is 2.90. The topological polar surface area (TPSA) is 96.4 Å². The monoisotopic (exact) mass is 314 g/mol. The molecule has 0 fully saturated rings. The minimum absolute atomic E-state index is 0.0989. The predicted octanol–water partition coefficient (Wildman–Crippen LogP) is 1.56. The van der Waals surface area contributed by atoms with Crippen LogP contribution in [0.25, 0.3) is 10.9 Å². The molecule has 0 saturated heterocycles. The maximum atomic E-state index is 12.1. The Morgan fingerprint density at radius 3 is 2.80 bits per heavy atom. The Balaban J connectivity index is 2.60. The van der Waals surface area contributed by atoms with Crippen molar-refractivity contribution in [1.29, 1.82) is 0 Å². The number of hydrogen-bond acceptors (Lipinski definition) is 4. The molecule has 0 aliphatic carbocycles. The lowest BCUT2D eigenvalue weighted by molar-refractivity contribution is -0.135. The number of carboxylic acid groups (broad SMARTS) is 1. The smallest absolute Gasteiger partial charge is 0.318 e. The molecule has 2 aromatic rings. The number of nitrogens with zero attached hydrogens (tertiary/aromatic N) is 1. The molecule has 0 amide bonds. The number of para-hydroxylation sites is 1. The molecule has 2 rings (SSSR count). The van der Waals surface area contributed by atoms with E-state index < -0.39 is 22.5 Å². The van der Waals surface area contributed by atoms with Crippen molar-refractivity contribution < 1.29 is 18.3 Å². The average molecular weight is 315 g/mol. The van der Waals surface area contributed by atoms with Crippen molar-refractivity contribution in [2.24, 2.45) is 0 Å². The lowest BCUT2D eigenvalue weighted by atomic mass is 10.2. The zero-order valence-corrected chi connectivity index (χ0v) is 12.0. The van der Waals surface area contributed by atoms with Crippen LogP contribution in [0, 0.1) is 6.92 Å². The number of aliphatic carboxylic acids is 1. The van der Waals surface area contributed by atoms with Crippen molar-refractivity contribution in [2.45, 2.75) is 11.8 Å². The van der Waals surface area contributed by atoms with Gasteiger partial charge in [-0.05, 0) is 24.6 Å². The average Bonchev–Trinajstić information content (AvgIpc) is 2.37. The van der Waals surface area contributed by atoms with Crippen LogP contribution in [-0.2, 0) is 14.8 Å². The number of fused-ring (bicyclic) bond motifs is 1. The fourth-order valence-electron chi connectivity index (χ4n) is 1.71. The highest BCUT2D eigenvalue weighted by atomic mass is 35.5. The summed E-state index contributed by atoms with van der Waals surface area (Å²) in [5.41, 5.74) is 0.938. The first-order valence-corrected chi connectivity index (χ1v) is 7.45. The third-order valence-corrected chi connectivity index (χ3v) is 4.46. The van der Waals surface area contributed by atoms with E-state index in [9.17, 15) is 13.2 Å². The molecule has 8 heteroatoms. The second kappa shape index (κ2) is 5.35. The second-order valence-corrected chi connectivity index (χ2v) is 6.24. The van der Waals surface area contributed by atoms with E-state index in [0.29, 0.717) is 5.39 Å². The van der Waals surface area contributed by atoms with E-state index in [1.807, 2.05) is 4.72 Å². The number of benzene rings is 1. The SMILES string of the molecule is Cc1cc2cccc(S(=O)(=O)NCC(=O)O)c2nc1Cl. The molecule has 2 N–H and O–H groups in total. The normalized spacial score (nSPS) is 11.7. The summed E-state index contributed by atoms with van der Waals surface area (Å²) in [6.07, 6.45) is 0. The number of aryl methyl sites for hydroxylation is 1. The van der Waals surface area contributed by atoms with Gasteiger partial charge in [0.15, 0.2) is 0 Å². The zero-order chi connectivity index (χ0) is 14.9. The number of hydrogen-bond donors (Lipinski definition) is 2. The van der Waals surface area contributed by atoms with Gasteiger partial charge in [0.2, 0.25) is 10.0 Å². The number of sulfonamides is 1. The van der Waals surface area contributed by atoms with Crippen molar-refractivity contribution in [1.82, 2.24) is 9.71 Å². The van der Waals surface area contributed by atoms with Crippen molar-refractivity contribution >= 4 is 38.5 Å². The third-order valence-electron chi connectivity index (χ3n) is 2.64. The Labute approximate surface area is 120 Å². The summed E-state index contributed by atoms with van der Waals surface area (Å²) in [6, 6.07) is 6.35. The van der Waals surface area contributed by atoms with Gasteiger partial charge in [-0.15, -0.1) is 0 Å². The second-order valence-electron chi connectivity index (χ2n) is 4.14. The molecule has 106 valence electrons. The first kappa shape index (κ1) is 14.7. The van der Waals surface area contributed by atoms with Crippen LogP contribution in [0.5, 0.6) is 0 Å². The van der Waals surface area contributed by atoms with Crippen LogP contribution in [0.3, 0.4) is 0 Å². The van der Waals surface area contributed by atoms with E-state index in [1.165, 1.54) is 6.07 Å². The molecule has 1 aromatic heterocycles. The maximum Gasteiger partial charge on any atom is 0.318 e. The van der Waals surface area contributed by atoms with Gasteiger partial charge >= 0.3 is 5.97 Å². The highest BCUT2D eigenvalue weighted by Gasteiger charge is 2.19.